The van der Waals surface area contributed by atoms with Gasteiger partial charge in [0.05, 0.1) is 18.2 Å². The van der Waals surface area contributed by atoms with E-state index in [0.717, 1.165) is 17.0 Å². The van der Waals surface area contributed by atoms with Crippen LogP contribution in [0.4, 0.5) is 13.2 Å². The first kappa shape index (κ1) is 24.2. The second-order valence-electron chi connectivity index (χ2n) is 8.56. The first-order valence-electron chi connectivity index (χ1n) is 11.2. The van der Waals surface area contributed by atoms with E-state index in [1.165, 1.54) is 25.3 Å². The maximum Gasteiger partial charge on any atom is 0.416 e. The third kappa shape index (κ3) is 4.24. The monoisotopic (exact) mass is 511 g/mol. The van der Waals surface area contributed by atoms with Gasteiger partial charge < -0.3 is 23.6 Å². The molecule has 0 fully saturated rings. The van der Waals surface area contributed by atoms with Crippen LogP contribution < -0.4 is 4.74 Å². The summed E-state index contributed by atoms with van der Waals surface area (Å²) < 4.78 is 56.5. The van der Waals surface area contributed by atoms with Gasteiger partial charge in [-0.25, -0.2) is 0 Å². The van der Waals surface area contributed by atoms with Crippen LogP contribution in [0, 0.1) is 6.92 Å². The highest BCUT2D eigenvalue weighted by atomic mass is 19.4. The summed E-state index contributed by atoms with van der Waals surface area (Å²) in [6.07, 6.45) is -4.58. The number of rotatable bonds is 6. The van der Waals surface area contributed by atoms with E-state index in [9.17, 15) is 27.9 Å². The number of aliphatic hydroxyl groups is 1. The molecule has 1 amide bonds. The van der Waals surface area contributed by atoms with Crippen molar-refractivity contribution in [1.29, 1.82) is 0 Å². The molecule has 1 atom stereocenters. The fourth-order valence-corrected chi connectivity index (χ4v) is 4.43. The fraction of sp³-hybridized carbons (Fsp3) is 0.185. The van der Waals surface area contributed by atoms with Gasteiger partial charge in [-0.15, -0.1) is 0 Å². The quantitative estimate of drug-likeness (QED) is 0.313. The second kappa shape index (κ2) is 8.88. The van der Waals surface area contributed by atoms with Gasteiger partial charge >= 0.3 is 6.18 Å². The van der Waals surface area contributed by atoms with Crippen molar-refractivity contribution >= 4 is 22.7 Å². The number of furan rings is 2. The molecule has 1 unspecified atom stereocenters. The molecule has 190 valence electrons. The van der Waals surface area contributed by atoms with E-state index in [4.69, 9.17) is 13.6 Å². The summed E-state index contributed by atoms with van der Waals surface area (Å²) in [5.41, 5.74) is -0.716. The molecule has 2 aromatic carbocycles. The highest BCUT2D eigenvalue weighted by molar-refractivity contribution is 6.16. The van der Waals surface area contributed by atoms with Crippen molar-refractivity contribution < 1.29 is 41.4 Å². The van der Waals surface area contributed by atoms with Crippen LogP contribution in [0.3, 0.4) is 0 Å². The number of alkyl halides is 3. The SMILES string of the molecule is COc1cccc2cc(C(=O)C3=C(O)C(=O)N(Cc4cccc(C(F)(F)F)c4)C3c3ccc(C)o3)oc12. The number of Topliss-reactive ketones (excluding diaryl/α,β-unsaturated/α-hetero) is 1. The number of benzene rings is 2. The Morgan fingerprint density at radius 3 is 2.51 bits per heavy atom. The summed E-state index contributed by atoms with van der Waals surface area (Å²) in [4.78, 5) is 27.9. The lowest BCUT2D eigenvalue weighted by molar-refractivity contribution is -0.137. The summed E-state index contributed by atoms with van der Waals surface area (Å²) in [6, 6.07) is 13.0. The molecule has 3 heterocycles. The van der Waals surface area contributed by atoms with E-state index in [0.29, 0.717) is 22.5 Å². The van der Waals surface area contributed by atoms with Crippen molar-refractivity contribution in [3.63, 3.8) is 0 Å². The predicted octanol–water partition coefficient (Wildman–Crippen LogP) is 6.14. The Kier molecular flexibility index (Phi) is 5.82. The molecule has 4 aromatic rings. The van der Waals surface area contributed by atoms with Gasteiger partial charge in [0.15, 0.2) is 22.9 Å². The summed E-state index contributed by atoms with van der Waals surface area (Å²) in [5.74, 6) is -1.64. The molecule has 0 radical (unpaired) electrons. The lowest BCUT2D eigenvalue weighted by Crippen LogP contribution is -2.30. The molecule has 1 aliphatic rings. The van der Waals surface area contributed by atoms with Gasteiger partial charge in [0.1, 0.15) is 17.6 Å². The number of hydrogen-bond donors (Lipinski definition) is 1. The van der Waals surface area contributed by atoms with Crippen molar-refractivity contribution in [2.75, 3.05) is 7.11 Å². The van der Waals surface area contributed by atoms with Gasteiger partial charge in [0, 0.05) is 11.9 Å². The summed E-state index contributed by atoms with van der Waals surface area (Å²) in [7, 11) is 1.45. The lowest BCUT2D eigenvalue weighted by atomic mass is 9.99. The summed E-state index contributed by atoms with van der Waals surface area (Å²) >= 11 is 0. The van der Waals surface area contributed by atoms with Crippen LogP contribution in [-0.4, -0.2) is 28.8 Å². The van der Waals surface area contributed by atoms with Gasteiger partial charge in [-0.05, 0) is 48.9 Å². The summed E-state index contributed by atoms with van der Waals surface area (Å²) in [6.45, 7) is 1.34. The average molecular weight is 511 g/mol. The average Bonchev–Trinajstić information content (AvgIpc) is 3.56. The van der Waals surface area contributed by atoms with Crippen LogP contribution in [0.5, 0.6) is 5.75 Å². The minimum absolute atomic E-state index is 0.150. The standard InChI is InChI=1S/C27H20F3NO6/c1-14-9-10-18(36-14)22-21(23(32)20-12-16-6-4-8-19(35-2)25(16)37-20)24(33)26(34)31(22)13-15-5-3-7-17(11-15)27(28,29)30/h3-12,22,33H,13H2,1-2H3. The molecule has 0 aliphatic carbocycles. The Morgan fingerprint density at radius 1 is 1.08 bits per heavy atom. The number of halogens is 3. The van der Waals surface area contributed by atoms with E-state index in [1.54, 1.807) is 37.3 Å². The Balaban J connectivity index is 1.57. The smallest absolute Gasteiger partial charge is 0.416 e. The zero-order chi connectivity index (χ0) is 26.5. The third-order valence-electron chi connectivity index (χ3n) is 6.14. The zero-order valence-electron chi connectivity index (χ0n) is 19.6. The number of hydrogen-bond acceptors (Lipinski definition) is 6. The Morgan fingerprint density at radius 2 is 1.84 bits per heavy atom. The van der Waals surface area contributed by atoms with E-state index in [-0.39, 0.29) is 29.2 Å². The normalized spacial score (nSPS) is 16.2. The minimum Gasteiger partial charge on any atom is -0.503 e. The molecule has 1 aliphatic heterocycles. The van der Waals surface area contributed by atoms with Crippen LogP contribution in [0.15, 0.2) is 80.8 Å². The molecule has 0 saturated heterocycles. The molecule has 0 saturated carbocycles. The maximum atomic E-state index is 13.6. The third-order valence-corrected chi connectivity index (χ3v) is 6.14. The Bertz CT molecular complexity index is 1560. The Labute approximate surface area is 208 Å². The van der Waals surface area contributed by atoms with Crippen LogP contribution in [-0.2, 0) is 17.5 Å². The van der Waals surface area contributed by atoms with Crippen molar-refractivity contribution in [3.8, 4) is 5.75 Å². The van der Waals surface area contributed by atoms with Gasteiger partial charge in [0.25, 0.3) is 5.91 Å². The number of para-hydroxylation sites is 1. The van der Waals surface area contributed by atoms with Gasteiger partial charge in [-0.2, -0.15) is 13.2 Å². The number of carbonyl (C=O) groups excluding carboxylic acids is 2. The molecule has 10 heteroatoms. The van der Waals surface area contributed by atoms with Crippen molar-refractivity contribution in [3.05, 3.63) is 100 Å². The number of fused-ring (bicyclic) bond motifs is 1. The van der Waals surface area contributed by atoms with Crippen molar-refractivity contribution in [2.45, 2.75) is 25.7 Å². The highest BCUT2D eigenvalue weighted by Crippen LogP contribution is 2.42. The molecule has 7 nitrogen and oxygen atoms in total. The van der Waals surface area contributed by atoms with Crippen LogP contribution in [0.2, 0.25) is 0 Å². The van der Waals surface area contributed by atoms with Crippen molar-refractivity contribution in [2.24, 2.45) is 0 Å². The molecule has 1 N–H and O–H groups in total. The van der Waals surface area contributed by atoms with Gasteiger partial charge in [-0.3, -0.25) is 9.59 Å². The van der Waals surface area contributed by atoms with Crippen LogP contribution >= 0.6 is 0 Å². The van der Waals surface area contributed by atoms with Gasteiger partial charge in [0.2, 0.25) is 5.78 Å². The predicted molar refractivity (Wildman–Crippen MR) is 125 cm³/mol. The number of aliphatic hydroxyl groups excluding tert-OH is 1. The highest BCUT2D eigenvalue weighted by Gasteiger charge is 2.46. The topological polar surface area (TPSA) is 93.1 Å². The van der Waals surface area contributed by atoms with E-state index < -0.39 is 35.2 Å². The summed E-state index contributed by atoms with van der Waals surface area (Å²) in [5, 5.41) is 11.4. The first-order chi connectivity index (χ1) is 17.6. The molecule has 2 aromatic heterocycles. The lowest BCUT2D eigenvalue weighted by Gasteiger charge is -2.25. The molecule has 5 rings (SSSR count). The maximum absolute atomic E-state index is 13.6. The largest absolute Gasteiger partial charge is 0.503 e. The molecule has 0 bridgehead atoms. The molecular formula is C27H20F3NO6. The number of nitrogens with zero attached hydrogens (tertiary/aromatic N) is 1. The zero-order valence-corrected chi connectivity index (χ0v) is 19.6. The van der Waals surface area contributed by atoms with E-state index in [2.05, 4.69) is 0 Å². The fourth-order valence-electron chi connectivity index (χ4n) is 4.43. The minimum atomic E-state index is -4.58. The number of methoxy groups -OCH3 is 1. The number of amides is 1. The van der Waals surface area contributed by atoms with Crippen molar-refractivity contribution in [1.82, 2.24) is 4.90 Å². The van der Waals surface area contributed by atoms with Crippen LogP contribution in [0.25, 0.3) is 11.0 Å². The number of ketones is 1. The van der Waals surface area contributed by atoms with E-state index >= 15 is 0 Å². The van der Waals surface area contributed by atoms with Gasteiger partial charge in [-0.1, -0.05) is 24.3 Å². The number of ether oxygens (including phenoxy) is 1. The van der Waals surface area contributed by atoms with Crippen LogP contribution in [0.1, 0.15) is 39.2 Å². The number of aryl methyl sites for hydroxylation is 1. The Hall–Kier alpha value is -4.47. The first-order valence-corrected chi connectivity index (χ1v) is 11.2. The molecular weight excluding hydrogens is 491 g/mol. The van der Waals surface area contributed by atoms with E-state index in [1.807, 2.05) is 0 Å². The molecule has 37 heavy (non-hydrogen) atoms. The number of carbonyl (C=O) groups is 2. The second-order valence-corrected chi connectivity index (χ2v) is 8.56. The molecule has 0 spiro atoms.